The molecule has 0 spiro atoms. The van der Waals surface area contributed by atoms with E-state index in [9.17, 15) is 4.79 Å². The van der Waals surface area contributed by atoms with Crippen LogP contribution in [0, 0.1) is 0 Å². The quantitative estimate of drug-likeness (QED) is 0.329. The fraction of sp³-hybridized carbons (Fsp3) is 0.929. The third-order valence-corrected chi connectivity index (χ3v) is 4.36. The number of amides is 1. The lowest BCUT2D eigenvalue weighted by Crippen LogP contribution is -2.52. The molecule has 2 atom stereocenters. The summed E-state index contributed by atoms with van der Waals surface area (Å²) < 4.78 is 5.88. The minimum atomic E-state index is -0.0567. The average molecular weight is 269 g/mol. The van der Waals surface area contributed by atoms with E-state index in [4.69, 9.17) is 10.6 Å². The van der Waals surface area contributed by atoms with Crippen LogP contribution in [0.25, 0.3) is 0 Å². The van der Waals surface area contributed by atoms with Gasteiger partial charge in [-0.25, -0.2) is 5.84 Å². The molecule has 0 aromatic heterocycles. The SMILES string of the molecule is NNC(=O)CCCCCN1CCOC2CCCCC21. The van der Waals surface area contributed by atoms with Crippen molar-refractivity contribution in [1.29, 1.82) is 0 Å². The van der Waals surface area contributed by atoms with E-state index in [-0.39, 0.29) is 5.91 Å². The van der Waals surface area contributed by atoms with Crippen molar-refractivity contribution in [2.75, 3.05) is 19.7 Å². The lowest BCUT2D eigenvalue weighted by Gasteiger charge is -2.43. The van der Waals surface area contributed by atoms with Gasteiger partial charge in [0, 0.05) is 19.0 Å². The maximum absolute atomic E-state index is 11.0. The van der Waals surface area contributed by atoms with Crippen LogP contribution in [0.1, 0.15) is 51.4 Å². The van der Waals surface area contributed by atoms with E-state index in [0.717, 1.165) is 32.5 Å². The third-order valence-electron chi connectivity index (χ3n) is 4.36. The number of carbonyl (C=O) groups is 1. The molecule has 2 rings (SSSR count). The highest BCUT2D eigenvalue weighted by atomic mass is 16.5. The van der Waals surface area contributed by atoms with Crippen molar-refractivity contribution in [3.05, 3.63) is 0 Å². The van der Waals surface area contributed by atoms with E-state index >= 15 is 0 Å². The molecule has 2 aliphatic rings. The molecule has 1 amide bonds. The summed E-state index contributed by atoms with van der Waals surface area (Å²) in [7, 11) is 0. The van der Waals surface area contributed by atoms with Gasteiger partial charge in [0.1, 0.15) is 0 Å². The van der Waals surface area contributed by atoms with E-state index < -0.39 is 0 Å². The lowest BCUT2D eigenvalue weighted by atomic mass is 9.90. The smallest absolute Gasteiger partial charge is 0.233 e. The number of nitrogens with one attached hydrogen (secondary N) is 1. The number of nitrogens with two attached hydrogens (primary N) is 1. The van der Waals surface area contributed by atoms with E-state index in [0.29, 0.717) is 18.6 Å². The van der Waals surface area contributed by atoms with Crippen LogP contribution in [0.2, 0.25) is 0 Å². The summed E-state index contributed by atoms with van der Waals surface area (Å²) >= 11 is 0. The van der Waals surface area contributed by atoms with Crippen molar-refractivity contribution in [2.24, 2.45) is 5.84 Å². The first-order valence-electron chi connectivity index (χ1n) is 7.66. The molecule has 3 N–H and O–H groups in total. The van der Waals surface area contributed by atoms with Crippen molar-refractivity contribution in [1.82, 2.24) is 10.3 Å². The van der Waals surface area contributed by atoms with E-state index in [1.807, 2.05) is 0 Å². The van der Waals surface area contributed by atoms with Crippen molar-refractivity contribution in [2.45, 2.75) is 63.5 Å². The summed E-state index contributed by atoms with van der Waals surface area (Å²) in [5, 5.41) is 0. The average Bonchev–Trinajstić information content (AvgIpc) is 2.46. The summed E-state index contributed by atoms with van der Waals surface area (Å²) in [5.41, 5.74) is 2.18. The maximum Gasteiger partial charge on any atom is 0.233 e. The van der Waals surface area contributed by atoms with Gasteiger partial charge in [-0.2, -0.15) is 0 Å². The van der Waals surface area contributed by atoms with E-state index in [1.165, 1.54) is 32.1 Å². The first-order chi connectivity index (χ1) is 9.31. The Bertz CT molecular complexity index is 284. The number of rotatable bonds is 6. The molecule has 0 aromatic carbocycles. The monoisotopic (exact) mass is 269 g/mol. The number of nitrogens with zero attached hydrogens (tertiary/aromatic N) is 1. The van der Waals surface area contributed by atoms with Crippen LogP contribution in [-0.2, 0) is 9.53 Å². The molecule has 5 nitrogen and oxygen atoms in total. The Labute approximate surface area is 115 Å². The number of hydrazine groups is 1. The van der Waals surface area contributed by atoms with Gasteiger partial charge in [-0.15, -0.1) is 0 Å². The molecular weight excluding hydrogens is 242 g/mol. The molecule has 19 heavy (non-hydrogen) atoms. The molecule has 110 valence electrons. The topological polar surface area (TPSA) is 67.6 Å². The minimum absolute atomic E-state index is 0.0567. The summed E-state index contributed by atoms with van der Waals surface area (Å²) in [5.74, 6) is 5.00. The van der Waals surface area contributed by atoms with Gasteiger partial charge in [0.2, 0.25) is 5.91 Å². The highest BCUT2D eigenvalue weighted by molar-refractivity contribution is 5.74. The zero-order valence-electron chi connectivity index (χ0n) is 11.8. The fourth-order valence-corrected chi connectivity index (χ4v) is 3.30. The Morgan fingerprint density at radius 2 is 2.11 bits per heavy atom. The normalized spacial score (nSPS) is 27.8. The van der Waals surface area contributed by atoms with Crippen LogP contribution in [0.4, 0.5) is 0 Å². The molecule has 2 fully saturated rings. The predicted molar refractivity (Wildman–Crippen MR) is 74.4 cm³/mol. The number of unbranched alkanes of at least 4 members (excludes halogenated alkanes) is 2. The van der Waals surface area contributed by atoms with Gasteiger partial charge in [-0.1, -0.05) is 19.3 Å². The third kappa shape index (κ3) is 4.44. The van der Waals surface area contributed by atoms with Crippen LogP contribution in [0.15, 0.2) is 0 Å². The number of carbonyl (C=O) groups excluding carboxylic acids is 1. The molecule has 1 saturated carbocycles. The Hall–Kier alpha value is -0.650. The summed E-state index contributed by atoms with van der Waals surface area (Å²) in [4.78, 5) is 13.6. The molecule has 0 aromatic rings. The number of fused-ring (bicyclic) bond motifs is 1. The van der Waals surface area contributed by atoms with Crippen LogP contribution in [0.3, 0.4) is 0 Å². The van der Waals surface area contributed by atoms with Crippen LogP contribution >= 0.6 is 0 Å². The second kappa shape index (κ2) is 7.82. The Morgan fingerprint density at radius 1 is 1.26 bits per heavy atom. The molecule has 1 aliphatic heterocycles. The van der Waals surface area contributed by atoms with Gasteiger partial charge < -0.3 is 4.74 Å². The minimum Gasteiger partial charge on any atom is -0.375 e. The Balaban J connectivity index is 1.63. The van der Waals surface area contributed by atoms with Gasteiger partial charge in [0.05, 0.1) is 12.7 Å². The lowest BCUT2D eigenvalue weighted by molar-refractivity contribution is -0.121. The fourth-order valence-electron chi connectivity index (χ4n) is 3.30. The predicted octanol–water partition coefficient (Wildman–Crippen LogP) is 1.18. The Kier molecular flexibility index (Phi) is 6.07. The molecule has 0 radical (unpaired) electrons. The molecule has 1 heterocycles. The molecule has 1 saturated heterocycles. The molecule has 2 unspecified atom stereocenters. The zero-order chi connectivity index (χ0) is 13.5. The second-order valence-corrected chi connectivity index (χ2v) is 5.68. The van der Waals surface area contributed by atoms with Crippen molar-refractivity contribution >= 4 is 5.91 Å². The zero-order valence-corrected chi connectivity index (χ0v) is 11.8. The molecule has 0 bridgehead atoms. The van der Waals surface area contributed by atoms with Gasteiger partial charge in [-0.3, -0.25) is 15.1 Å². The van der Waals surface area contributed by atoms with E-state index in [1.54, 1.807) is 0 Å². The van der Waals surface area contributed by atoms with Gasteiger partial charge in [0.15, 0.2) is 0 Å². The van der Waals surface area contributed by atoms with Crippen molar-refractivity contribution < 1.29 is 9.53 Å². The Morgan fingerprint density at radius 3 is 2.95 bits per heavy atom. The summed E-state index contributed by atoms with van der Waals surface area (Å²) in [6.45, 7) is 3.11. The van der Waals surface area contributed by atoms with Crippen LogP contribution < -0.4 is 11.3 Å². The van der Waals surface area contributed by atoms with Crippen molar-refractivity contribution in [3.63, 3.8) is 0 Å². The van der Waals surface area contributed by atoms with Gasteiger partial charge >= 0.3 is 0 Å². The molecular formula is C14H27N3O2. The van der Waals surface area contributed by atoms with Gasteiger partial charge in [-0.05, 0) is 32.2 Å². The first kappa shape index (κ1) is 14.8. The van der Waals surface area contributed by atoms with Gasteiger partial charge in [0.25, 0.3) is 0 Å². The standard InChI is InChI=1S/C14H27N3O2/c15-16-14(18)8-2-1-5-9-17-10-11-19-13-7-4-3-6-12(13)17/h12-13H,1-11,15H2,(H,16,18). The highest BCUT2D eigenvalue weighted by Gasteiger charge is 2.33. The van der Waals surface area contributed by atoms with Crippen LogP contribution in [-0.4, -0.2) is 42.6 Å². The first-order valence-corrected chi connectivity index (χ1v) is 7.66. The second-order valence-electron chi connectivity index (χ2n) is 5.68. The maximum atomic E-state index is 11.0. The largest absolute Gasteiger partial charge is 0.375 e. The summed E-state index contributed by atoms with van der Waals surface area (Å²) in [6.07, 6.45) is 9.42. The van der Waals surface area contributed by atoms with Crippen LogP contribution in [0.5, 0.6) is 0 Å². The molecule has 1 aliphatic carbocycles. The number of hydrogen-bond donors (Lipinski definition) is 2. The van der Waals surface area contributed by atoms with Crippen molar-refractivity contribution in [3.8, 4) is 0 Å². The number of ether oxygens (including phenoxy) is 1. The number of morpholine rings is 1. The van der Waals surface area contributed by atoms with E-state index in [2.05, 4.69) is 10.3 Å². The number of hydrogen-bond acceptors (Lipinski definition) is 4. The molecule has 5 heteroatoms. The highest BCUT2D eigenvalue weighted by Crippen LogP contribution is 2.28. The summed E-state index contributed by atoms with van der Waals surface area (Å²) in [6, 6.07) is 0.648.